The summed E-state index contributed by atoms with van der Waals surface area (Å²) in [6, 6.07) is 12.6. The highest BCUT2D eigenvalue weighted by Gasteiger charge is 2.28. The second kappa shape index (κ2) is 9.68. The number of urea groups is 1. The summed E-state index contributed by atoms with van der Waals surface area (Å²) >= 11 is 0. The molecule has 0 fully saturated rings. The number of likely N-dealkylation sites (N-methyl/N-ethyl adjacent to an activating group) is 1. The molecule has 0 aromatic heterocycles. The summed E-state index contributed by atoms with van der Waals surface area (Å²) in [4.78, 5) is 26.3. The predicted molar refractivity (Wildman–Crippen MR) is 101 cm³/mol. The summed E-state index contributed by atoms with van der Waals surface area (Å²) in [7, 11) is 2.85. The maximum absolute atomic E-state index is 14.0. The van der Waals surface area contributed by atoms with E-state index in [0.29, 0.717) is 18.7 Å². The van der Waals surface area contributed by atoms with E-state index in [0.717, 1.165) is 5.56 Å². The molecule has 0 bridgehead atoms. The molecule has 0 aliphatic heterocycles. The van der Waals surface area contributed by atoms with Crippen LogP contribution in [0.5, 0.6) is 5.75 Å². The van der Waals surface area contributed by atoms with E-state index in [2.05, 4.69) is 10.6 Å². The maximum Gasteiger partial charge on any atom is 0.321 e. The number of hydrogen-bond donors (Lipinski definition) is 2. The first-order chi connectivity index (χ1) is 13.0. The van der Waals surface area contributed by atoms with Crippen molar-refractivity contribution in [3.05, 3.63) is 65.5 Å². The van der Waals surface area contributed by atoms with Gasteiger partial charge in [0.05, 0.1) is 7.11 Å². The number of carbonyl (C=O) groups is 2. The molecule has 0 unspecified atom stereocenters. The van der Waals surface area contributed by atoms with E-state index >= 15 is 0 Å². The van der Waals surface area contributed by atoms with E-state index in [-0.39, 0.29) is 5.75 Å². The minimum absolute atomic E-state index is 0.166. The van der Waals surface area contributed by atoms with Crippen LogP contribution in [0.15, 0.2) is 48.5 Å². The minimum atomic E-state index is -0.696. The third kappa shape index (κ3) is 5.27. The first-order valence-electron chi connectivity index (χ1n) is 8.64. The number of nitrogens with zero attached hydrogens (tertiary/aromatic N) is 1. The number of benzene rings is 2. The number of ether oxygens (including phenoxy) is 1. The van der Waals surface area contributed by atoms with Crippen molar-refractivity contribution < 1.29 is 18.7 Å². The summed E-state index contributed by atoms with van der Waals surface area (Å²) < 4.78 is 19.0. The molecule has 2 aromatic rings. The van der Waals surface area contributed by atoms with Crippen LogP contribution >= 0.6 is 0 Å². The lowest BCUT2D eigenvalue weighted by atomic mass is 10.0. The zero-order valence-corrected chi connectivity index (χ0v) is 15.7. The van der Waals surface area contributed by atoms with Gasteiger partial charge in [-0.25, -0.2) is 9.18 Å². The Kier molecular flexibility index (Phi) is 7.31. The lowest BCUT2D eigenvalue weighted by Gasteiger charge is -2.30. The van der Waals surface area contributed by atoms with E-state index in [1.165, 1.54) is 20.2 Å². The molecule has 2 N–H and O–H groups in total. The van der Waals surface area contributed by atoms with E-state index in [1.54, 1.807) is 12.1 Å². The number of rotatable bonds is 7. The first-order valence-corrected chi connectivity index (χ1v) is 8.64. The normalized spacial score (nSPS) is 11.7. The first kappa shape index (κ1) is 20.4. The van der Waals surface area contributed by atoms with Crippen molar-refractivity contribution in [2.75, 3.05) is 20.7 Å². The maximum atomic E-state index is 14.0. The van der Waals surface area contributed by atoms with Crippen LogP contribution in [-0.2, 0) is 11.3 Å². The van der Waals surface area contributed by atoms with Crippen LogP contribution in [0, 0.1) is 5.82 Å². The average molecular weight is 373 g/mol. The number of methoxy groups -OCH3 is 1. The molecular formula is C20H24FN3O3. The molecule has 144 valence electrons. The highest BCUT2D eigenvalue weighted by Crippen LogP contribution is 2.25. The average Bonchev–Trinajstić information content (AvgIpc) is 2.68. The predicted octanol–water partition coefficient (Wildman–Crippen LogP) is 2.85. The SMILES string of the molecule is CCN(Cc1ccc(OC)c(F)c1)[C@@H](C(=O)NC(=O)NC)c1ccccc1. The van der Waals surface area contributed by atoms with Gasteiger partial charge in [0.2, 0.25) is 5.91 Å². The Morgan fingerprint density at radius 1 is 1.19 bits per heavy atom. The molecule has 0 heterocycles. The largest absolute Gasteiger partial charge is 0.494 e. The van der Waals surface area contributed by atoms with Crippen molar-refractivity contribution in [3.8, 4) is 5.75 Å². The minimum Gasteiger partial charge on any atom is -0.494 e. The molecule has 2 aromatic carbocycles. The molecule has 27 heavy (non-hydrogen) atoms. The lowest BCUT2D eigenvalue weighted by molar-refractivity contribution is -0.125. The molecule has 6 nitrogen and oxygen atoms in total. The third-order valence-corrected chi connectivity index (χ3v) is 4.20. The van der Waals surface area contributed by atoms with Crippen molar-refractivity contribution in [1.82, 2.24) is 15.5 Å². The zero-order valence-electron chi connectivity index (χ0n) is 15.7. The van der Waals surface area contributed by atoms with Crippen LogP contribution in [0.3, 0.4) is 0 Å². The van der Waals surface area contributed by atoms with E-state index in [4.69, 9.17) is 4.74 Å². The fraction of sp³-hybridized carbons (Fsp3) is 0.300. The lowest BCUT2D eigenvalue weighted by Crippen LogP contribution is -2.45. The van der Waals surface area contributed by atoms with Crippen LogP contribution < -0.4 is 15.4 Å². The Morgan fingerprint density at radius 2 is 1.89 bits per heavy atom. The smallest absolute Gasteiger partial charge is 0.321 e. The monoisotopic (exact) mass is 373 g/mol. The van der Waals surface area contributed by atoms with Crippen LogP contribution in [0.25, 0.3) is 0 Å². The summed E-state index contributed by atoms with van der Waals surface area (Å²) in [5.41, 5.74) is 1.44. The van der Waals surface area contributed by atoms with Crippen molar-refractivity contribution in [2.24, 2.45) is 0 Å². The quantitative estimate of drug-likeness (QED) is 0.783. The van der Waals surface area contributed by atoms with Crippen molar-refractivity contribution in [3.63, 3.8) is 0 Å². The summed E-state index contributed by atoms with van der Waals surface area (Å²) in [5.74, 6) is -0.743. The molecule has 7 heteroatoms. The molecule has 0 spiro atoms. The van der Waals surface area contributed by atoms with Gasteiger partial charge in [0, 0.05) is 13.6 Å². The second-order valence-corrected chi connectivity index (χ2v) is 5.91. The van der Waals surface area contributed by atoms with Gasteiger partial charge in [-0.05, 0) is 29.8 Å². The van der Waals surface area contributed by atoms with Gasteiger partial charge in [0.25, 0.3) is 0 Å². The number of nitrogens with one attached hydrogen (secondary N) is 2. The molecule has 0 aliphatic carbocycles. The molecular weight excluding hydrogens is 349 g/mol. The van der Waals surface area contributed by atoms with Crippen molar-refractivity contribution in [1.29, 1.82) is 0 Å². The highest BCUT2D eigenvalue weighted by atomic mass is 19.1. The van der Waals surface area contributed by atoms with E-state index in [9.17, 15) is 14.0 Å². The van der Waals surface area contributed by atoms with Crippen LogP contribution in [0.1, 0.15) is 24.1 Å². The summed E-state index contributed by atoms with van der Waals surface area (Å²) in [6.45, 7) is 2.76. The zero-order chi connectivity index (χ0) is 19.8. The van der Waals surface area contributed by atoms with Crippen molar-refractivity contribution >= 4 is 11.9 Å². The van der Waals surface area contributed by atoms with Gasteiger partial charge < -0.3 is 10.1 Å². The number of amides is 3. The Balaban J connectivity index is 2.32. The van der Waals surface area contributed by atoms with Gasteiger partial charge in [-0.1, -0.05) is 43.3 Å². The molecule has 3 amide bonds. The van der Waals surface area contributed by atoms with Gasteiger partial charge in [-0.2, -0.15) is 0 Å². The van der Waals surface area contributed by atoms with Gasteiger partial charge >= 0.3 is 6.03 Å². The molecule has 0 saturated carbocycles. The van der Waals surface area contributed by atoms with Gasteiger partial charge in [0.15, 0.2) is 11.6 Å². The Hall–Kier alpha value is -2.93. The van der Waals surface area contributed by atoms with Gasteiger partial charge in [-0.3, -0.25) is 15.0 Å². The van der Waals surface area contributed by atoms with Crippen molar-refractivity contribution in [2.45, 2.75) is 19.5 Å². The van der Waals surface area contributed by atoms with Crippen LogP contribution in [-0.4, -0.2) is 37.5 Å². The highest BCUT2D eigenvalue weighted by molar-refractivity contribution is 5.97. The second-order valence-electron chi connectivity index (χ2n) is 5.91. The Morgan fingerprint density at radius 3 is 2.44 bits per heavy atom. The molecule has 1 atom stereocenters. The molecule has 0 radical (unpaired) electrons. The number of halogens is 1. The molecule has 2 rings (SSSR count). The number of imide groups is 1. The standard InChI is InChI=1S/C20H24FN3O3/c1-4-24(13-14-10-11-17(27-3)16(21)12-14)18(15-8-6-5-7-9-15)19(25)23-20(26)22-2/h5-12,18H,4,13H2,1-3H3,(H2,22,23,25,26)/t18-/m1/s1. The topological polar surface area (TPSA) is 70.7 Å². The Labute approximate surface area is 158 Å². The number of hydrogen-bond acceptors (Lipinski definition) is 4. The van der Waals surface area contributed by atoms with E-state index < -0.39 is 23.8 Å². The summed E-state index contributed by atoms with van der Waals surface area (Å²) in [5, 5.41) is 4.71. The van der Waals surface area contributed by atoms with Gasteiger partial charge in [-0.15, -0.1) is 0 Å². The van der Waals surface area contributed by atoms with E-state index in [1.807, 2.05) is 42.2 Å². The molecule has 0 saturated heterocycles. The Bertz CT molecular complexity index is 783. The number of carbonyl (C=O) groups excluding carboxylic acids is 2. The van der Waals surface area contributed by atoms with Crippen LogP contribution in [0.2, 0.25) is 0 Å². The van der Waals surface area contributed by atoms with Crippen LogP contribution in [0.4, 0.5) is 9.18 Å². The fourth-order valence-corrected chi connectivity index (χ4v) is 2.83. The van der Waals surface area contributed by atoms with Gasteiger partial charge in [0.1, 0.15) is 6.04 Å². The third-order valence-electron chi connectivity index (χ3n) is 4.20. The summed E-state index contributed by atoms with van der Waals surface area (Å²) in [6.07, 6.45) is 0. The fourth-order valence-electron chi connectivity index (χ4n) is 2.83. The molecule has 0 aliphatic rings.